The number of nitrogens with zero attached hydrogens (tertiary/aromatic N) is 1. The molecule has 0 aromatic heterocycles. The molecule has 1 amide bonds. The van der Waals surface area contributed by atoms with Gasteiger partial charge in [-0.3, -0.25) is 9.18 Å². The topological polar surface area (TPSA) is 80.5 Å². The lowest BCUT2D eigenvalue weighted by atomic mass is 9.69. The largest absolute Gasteiger partial charge is 0.320 e. The van der Waals surface area contributed by atoms with Crippen LogP contribution in [0.5, 0.6) is 0 Å². The van der Waals surface area contributed by atoms with Crippen LogP contribution >= 0.6 is 0 Å². The van der Waals surface area contributed by atoms with Crippen LogP contribution < -0.4 is 5.73 Å². The number of hydrogen-bond donors (Lipinski definition) is 1. The number of hydrogen-bond acceptors (Lipinski definition) is 4. The molecule has 5 nitrogen and oxygen atoms in total. The monoisotopic (exact) mass is 318 g/mol. The number of fused-ring (bicyclic) bond motifs is 1. The van der Waals surface area contributed by atoms with E-state index < -0.39 is 28.6 Å². The minimum atomic E-state index is -3.64. The Balaban J connectivity index is 1.99. The van der Waals surface area contributed by atoms with Crippen LogP contribution in [0.4, 0.5) is 4.39 Å². The van der Waals surface area contributed by atoms with E-state index in [1.165, 1.54) is 0 Å². The summed E-state index contributed by atoms with van der Waals surface area (Å²) in [6.07, 6.45) is 2.46. The molecule has 3 rings (SSSR count). The lowest BCUT2D eigenvalue weighted by molar-refractivity contribution is -0.130. The van der Waals surface area contributed by atoms with Gasteiger partial charge < -0.3 is 5.73 Å². The first-order valence-corrected chi connectivity index (χ1v) is 9.16. The summed E-state index contributed by atoms with van der Waals surface area (Å²) in [7, 11) is -3.64. The van der Waals surface area contributed by atoms with Gasteiger partial charge >= 0.3 is 0 Å². The molecule has 2 aliphatic carbocycles. The summed E-state index contributed by atoms with van der Waals surface area (Å²) in [6.45, 7) is 3.52. The zero-order valence-electron chi connectivity index (χ0n) is 12.5. The number of rotatable bonds is 3. The van der Waals surface area contributed by atoms with Crippen LogP contribution in [0, 0.1) is 16.7 Å². The fourth-order valence-corrected chi connectivity index (χ4v) is 7.57. The second kappa shape index (κ2) is 4.41. The number of sulfonamides is 1. The van der Waals surface area contributed by atoms with Crippen LogP contribution in [-0.2, 0) is 14.8 Å². The van der Waals surface area contributed by atoms with Crippen molar-refractivity contribution in [3.05, 3.63) is 0 Å². The molecular weight excluding hydrogens is 295 g/mol. The molecule has 2 saturated carbocycles. The molecule has 3 fully saturated rings. The maximum absolute atomic E-state index is 12.6. The van der Waals surface area contributed by atoms with E-state index >= 15 is 0 Å². The second-order valence-electron chi connectivity index (χ2n) is 7.34. The van der Waals surface area contributed by atoms with Crippen LogP contribution in [0.3, 0.4) is 0 Å². The SMILES string of the molecule is CC1(C)C2CC[C@]13CS(=O)(=O)N(C(=O)[C@H](N)CCF)[C@H]3C2. The highest BCUT2D eigenvalue weighted by atomic mass is 32.2. The van der Waals surface area contributed by atoms with Crippen molar-refractivity contribution in [1.29, 1.82) is 0 Å². The molecule has 3 aliphatic rings. The predicted molar refractivity (Wildman–Crippen MR) is 76.5 cm³/mol. The zero-order chi connectivity index (χ0) is 15.6. The first-order chi connectivity index (χ1) is 9.67. The Morgan fingerprint density at radius 3 is 2.71 bits per heavy atom. The Bertz CT molecular complexity index is 577. The van der Waals surface area contributed by atoms with Gasteiger partial charge in [-0.25, -0.2) is 12.7 Å². The zero-order valence-corrected chi connectivity index (χ0v) is 13.3. The Morgan fingerprint density at radius 2 is 2.14 bits per heavy atom. The third-order valence-electron chi connectivity index (χ3n) is 6.37. The van der Waals surface area contributed by atoms with Crippen LogP contribution in [0.1, 0.15) is 39.5 Å². The first kappa shape index (κ1) is 15.2. The fraction of sp³-hybridized carbons (Fsp3) is 0.929. The predicted octanol–water partition coefficient (Wildman–Crippen LogP) is 1.04. The van der Waals surface area contributed by atoms with E-state index in [1.807, 2.05) is 0 Å². The van der Waals surface area contributed by atoms with Gasteiger partial charge in [0, 0.05) is 5.41 Å². The Kier molecular flexibility index (Phi) is 3.20. The molecule has 0 radical (unpaired) electrons. The van der Waals surface area contributed by atoms with Crippen molar-refractivity contribution in [2.45, 2.75) is 51.6 Å². The smallest absolute Gasteiger partial charge is 0.253 e. The molecule has 21 heavy (non-hydrogen) atoms. The van der Waals surface area contributed by atoms with Crippen molar-refractivity contribution < 1.29 is 17.6 Å². The summed E-state index contributed by atoms with van der Waals surface area (Å²) >= 11 is 0. The van der Waals surface area contributed by atoms with Crippen LogP contribution in [0.25, 0.3) is 0 Å². The molecule has 2 bridgehead atoms. The molecule has 4 atom stereocenters. The Hall–Kier alpha value is -0.690. The molecule has 7 heteroatoms. The van der Waals surface area contributed by atoms with E-state index in [0.717, 1.165) is 23.6 Å². The number of carbonyl (C=O) groups excluding carboxylic acids is 1. The van der Waals surface area contributed by atoms with E-state index in [4.69, 9.17) is 5.73 Å². The van der Waals surface area contributed by atoms with Crippen LogP contribution in [0.15, 0.2) is 0 Å². The van der Waals surface area contributed by atoms with Gasteiger partial charge in [0.25, 0.3) is 5.91 Å². The minimum Gasteiger partial charge on any atom is -0.320 e. The summed E-state index contributed by atoms with van der Waals surface area (Å²) in [6, 6.07) is -1.35. The molecule has 1 spiro atoms. The molecule has 0 aromatic rings. The van der Waals surface area contributed by atoms with Crippen LogP contribution in [0.2, 0.25) is 0 Å². The van der Waals surface area contributed by atoms with E-state index in [0.29, 0.717) is 5.92 Å². The molecule has 1 saturated heterocycles. The lowest BCUT2D eigenvalue weighted by Gasteiger charge is -2.37. The third kappa shape index (κ3) is 1.76. The molecule has 1 aliphatic heterocycles. The van der Waals surface area contributed by atoms with Crippen molar-refractivity contribution in [3.63, 3.8) is 0 Å². The summed E-state index contributed by atoms with van der Waals surface area (Å²) < 4.78 is 38.5. The average Bonchev–Trinajstić information content (AvgIpc) is 2.85. The van der Waals surface area contributed by atoms with Crippen LogP contribution in [-0.4, -0.2) is 43.1 Å². The number of alkyl halides is 1. The van der Waals surface area contributed by atoms with E-state index in [1.54, 1.807) is 0 Å². The minimum absolute atomic E-state index is 0.0300. The molecule has 1 heterocycles. The van der Waals surface area contributed by atoms with Gasteiger partial charge in [0.05, 0.1) is 24.5 Å². The van der Waals surface area contributed by atoms with Crippen molar-refractivity contribution in [3.8, 4) is 0 Å². The number of halogens is 1. The molecule has 1 unspecified atom stereocenters. The molecule has 120 valence electrons. The molecule has 0 aromatic carbocycles. The lowest BCUT2D eigenvalue weighted by Crippen LogP contribution is -2.50. The standard InChI is InChI=1S/C14H23FN2O3S/c1-13(2)9-3-5-14(13)8-21(19,20)17(11(14)7-9)12(18)10(16)4-6-15/h9-11H,3-8,16H2,1-2H3/t9?,10-,11+,14-/m1/s1. The second-order valence-corrected chi connectivity index (χ2v) is 9.19. The van der Waals surface area contributed by atoms with Crippen molar-refractivity contribution >= 4 is 15.9 Å². The van der Waals surface area contributed by atoms with Crippen molar-refractivity contribution in [2.24, 2.45) is 22.5 Å². The normalized spacial score (nSPS) is 40.3. The number of nitrogens with two attached hydrogens (primary N) is 1. The maximum atomic E-state index is 12.6. The third-order valence-corrected chi connectivity index (χ3v) is 8.28. The van der Waals surface area contributed by atoms with E-state index in [2.05, 4.69) is 13.8 Å². The molecule has 2 N–H and O–H groups in total. The highest BCUT2D eigenvalue weighted by molar-refractivity contribution is 7.90. The number of amides is 1. The van der Waals surface area contributed by atoms with E-state index in [-0.39, 0.29) is 29.0 Å². The van der Waals surface area contributed by atoms with Gasteiger partial charge in [-0.15, -0.1) is 0 Å². The summed E-state index contributed by atoms with van der Waals surface area (Å²) in [5, 5.41) is 0. The summed E-state index contributed by atoms with van der Waals surface area (Å²) in [5.74, 6) is -0.147. The number of carbonyl (C=O) groups is 1. The summed E-state index contributed by atoms with van der Waals surface area (Å²) in [5.41, 5.74) is 5.25. The fourth-order valence-electron chi connectivity index (χ4n) is 4.98. The van der Waals surface area contributed by atoms with Gasteiger partial charge in [-0.1, -0.05) is 13.8 Å². The quantitative estimate of drug-likeness (QED) is 0.843. The van der Waals surface area contributed by atoms with Gasteiger partial charge in [-0.05, 0) is 37.0 Å². The highest BCUT2D eigenvalue weighted by Gasteiger charge is 2.72. The summed E-state index contributed by atoms with van der Waals surface area (Å²) in [4.78, 5) is 12.4. The van der Waals surface area contributed by atoms with Gasteiger partial charge in [0.1, 0.15) is 0 Å². The van der Waals surface area contributed by atoms with E-state index in [9.17, 15) is 17.6 Å². The van der Waals surface area contributed by atoms with Gasteiger partial charge in [0.15, 0.2) is 0 Å². The maximum Gasteiger partial charge on any atom is 0.253 e. The Labute approximate surface area is 125 Å². The van der Waals surface area contributed by atoms with Crippen molar-refractivity contribution in [1.82, 2.24) is 4.31 Å². The molecular formula is C14H23FN2O3S. The van der Waals surface area contributed by atoms with Gasteiger partial charge in [-0.2, -0.15) is 0 Å². The Morgan fingerprint density at radius 1 is 1.48 bits per heavy atom. The van der Waals surface area contributed by atoms with Crippen molar-refractivity contribution in [2.75, 3.05) is 12.4 Å². The first-order valence-electron chi connectivity index (χ1n) is 7.55. The highest BCUT2D eigenvalue weighted by Crippen LogP contribution is 2.69. The average molecular weight is 318 g/mol. The van der Waals surface area contributed by atoms with Gasteiger partial charge in [0.2, 0.25) is 10.0 Å².